The molecule has 0 spiro atoms. The molecule has 0 saturated carbocycles. The predicted octanol–water partition coefficient (Wildman–Crippen LogP) is 7.53. The summed E-state index contributed by atoms with van der Waals surface area (Å²) in [7, 11) is 0. The number of hydrogen-bond acceptors (Lipinski definition) is 1. The van der Waals surface area contributed by atoms with Gasteiger partial charge in [-0.25, -0.2) is 4.99 Å². The van der Waals surface area contributed by atoms with E-state index >= 15 is 0 Å². The van der Waals surface area contributed by atoms with Crippen LogP contribution in [0.15, 0.2) is 41.4 Å². The number of anilines is 1. The highest BCUT2D eigenvalue weighted by molar-refractivity contribution is 5.78. The second kappa shape index (κ2) is 7.96. The minimum Gasteiger partial charge on any atom is -0.346 e. The van der Waals surface area contributed by atoms with E-state index in [4.69, 9.17) is 0 Å². The highest BCUT2D eigenvalue weighted by atomic mass is 19.4. The number of halogens is 12. The lowest BCUT2D eigenvalue weighted by Gasteiger charge is -2.14. The highest BCUT2D eigenvalue weighted by Crippen LogP contribution is 2.39. The number of benzene rings is 2. The summed E-state index contributed by atoms with van der Waals surface area (Å²) >= 11 is 0. The van der Waals surface area contributed by atoms with Gasteiger partial charge in [0.2, 0.25) is 0 Å². The van der Waals surface area contributed by atoms with Crippen molar-refractivity contribution in [2.45, 2.75) is 24.7 Å². The van der Waals surface area contributed by atoms with Gasteiger partial charge in [0.25, 0.3) is 0 Å². The minimum atomic E-state index is -5.17. The van der Waals surface area contributed by atoms with Gasteiger partial charge in [0.1, 0.15) is 0 Å². The molecule has 14 heteroatoms. The van der Waals surface area contributed by atoms with Crippen molar-refractivity contribution >= 4 is 17.7 Å². The van der Waals surface area contributed by atoms with Crippen molar-refractivity contribution in [1.29, 1.82) is 0 Å². The molecule has 0 saturated heterocycles. The molecule has 0 bridgehead atoms. The molecule has 2 aromatic carbocycles. The van der Waals surface area contributed by atoms with Gasteiger partial charge in [-0.3, -0.25) is 0 Å². The van der Waals surface area contributed by atoms with E-state index in [1.165, 1.54) is 0 Å². The van der Waals surface area contributed by atoms with Crippen LogP contribution in [0, 0.1) is 0 Å². The molecule has 31 heavy (non-hydrogen) atoms. The van der Waals surface area contributed by atoms with E-state index in [0.717, 1.165) is 0 Å². The van der Waals surface area contributed by atoms with Crippen LogP contribution in [0.4, 0.5) is 64.1 Å². The van der Waals surface area contributed by atoms with E-state index in [9.17, 15) is 52.7 Å². The van der Waals surface area contributed by atoms with E-state index < -0.39 is 58.3 Å². The topological polar surface area (TPSA) is 24.4 Å². The first kappa shape index (κ1) is 24.3. The molecular weight excluding hydrogens is 460 g/mol. The zero-order valence-corrected chi connectivity index (χ0v) is 14.5. The number of hydrogen-bond donors (Lipinski definition) is 1. The van der Waals surface area contributed by atoms with E-state index in [2.05, 4.69) is 4.99 Å². The number of alkyl halides is 12. The van der Waals surface area contributed by atoms with Gasteiger partial charge in [-0.15, -0.1) is 0 Å². The third-order valence-electron chi connectivity index (χ3n) is 3.60. The Hall–Kier alpha value is -2.93. The Morgan fingerprint density at radius 3 is 1.16 bits per heavy atom. The monoisotopic (exact) mass is 468 g/mol. The smallest absolute Gasteiger partial charge is 0.346 e. The number of nitrogens with one attached hydrogen (secondary N) is 1. The summed E-state index contributed by atoms with van der Waals surface area (Å²) in [5.41, 5.74) is -8.46. The summed E-state index contributed by atoms with van der Waals surface area (Å²) in [6, 6.07) is 0.629. The first-order valence-electron chi connectivity index (χ1n) is 7.75. The van der Waals surface area contributed by atoms with Crippen LogP contribution in [0.1, 0.15) is 22.3 Å². The average Bonchev–Trinajstić information content (AvgIpc) is 2.58. The molecule has 0 aromatic heterocycles. The molecule has 0 fully saturated rings. The Bertz CT molecular complexity index is 901. The quantitative estimate of drug-likeness (QED) is 0.281. The third-order valence-corrected chi connectivity index (χ3v) is 3.60. The molecule has 0 aliphatic rings. The standard InChI is InChI=1S/C17H8F12N2/c18-14(19,20)8-1-9(15(21,22)23)4-12(3-8)30-7-31-13-5-10(16(24,25)26)2-11(6-13)17(27,28)29/h1-7H,(H,30,31). The second-order valence-electron chi connectivity index (χ2n) is 5.96. The summed E-state index contributed by atoms with van der Waals surface area (Å²) in [5, 5.41) is 1.88. The fourth-order valence-corrected chi connectivity index (χ4v) is 2.23. The normalized spacial score (nSPS) is 13.7. The lowest BCUT2D eigenvalue weighted by atomic mass is 10.1. The van der Waals surface area contributed by atoms with E-state index in [1.54, 1.807) is 0 Å². The van der Waals surface area contributed by atoms with Crippen molar-refractivity contribution in [2.24, 2.45) is 4.99 Å². The SMILES string of the molecule is FC(F)(F)c1cc(N=CNc2cc(C(F)(F)F)cc(C(F)(F)F)c2)cc(C(F)(F)F)c1. The van der Waals surface area contributed by atoms with Crippen LogP contribution < -0.4 is 5.32 Å². The van der Waals surface area contributed by atoms with Crippen LogP contribution in [-0.4, -0.2) is 6.34 Å². The van der Waals surface area contributed by atoms with Crippen molar-refractivity contribution in [1.82, 2.24) is 0 Å². The maximum Gasteiger partial charge on any atom is 0.416 e. The molecule has 2 nitrogen and oxygen atoms in total. The van der Waals surface area contributed by atoms with Gasteiger partial charge >= 0.3 is 24.7 Å². The van der Waals surface area contributed by atoms with Gasteiger partial charge < -0.3 is 5.32 Å². The van der Waals surface area contributed by atoms with Gasteiger partial charge in [0.05, 0.1) is 34.3 Å². The Morgan fingerprint density at radius 1 is 0.516 bits per heavy atom. The Balaban J connectivity index is 2.42. The largest absolute Gasteiger partial charge is 0.416 e. The Morgan fingerprint density at radius 2 is 0.839 bits per heavy atom. The Kier molecular flexibility index (Phi) is 6.25. The minimum absolute atomic E-state index is 0.162. The zero-order valence-electron chi connectivity index (χ0n) is 14.5. The average molecular weight is 468 g/mol. The molecule has 0 amide bonds. The van der Waals surface area contributed by atoms with Gasteiger partial charge in [-0.1, -0.05) is 0 Å². The predicted molar refractivity (Wildman–Crippen MR) is 84.7 cm³/mol. The molecular formula is C17H8F12N2. The van der Waals surface area contributed by atoms with Crippen molar-refractivity contribution in [3.8, 4) is 0 Å². The molecule has 2 aromatic rings. The van der Waals surface area contributed by atoms with Gasteiger partial charge in [-0.2, -0.15) is 52.7 Å². The number of nitrogens with zero attached hydrogens (tertiary/aromatic N) is 1. The fraction of sp³-hybridized carbons (Fsp3) is 0.235. The molecule has 0 radical (unpaired) electrons. The molecule has 2 rings (SSSR count). The molecule has 0 heterocycles. The summed E-state index contributed by atoms with van der Waals surface area (Å²) in [4.78, 5) is 3.23. The van der Waals surface area contributed by atoms with Crippen molar-refractivity contribution < 1.29 is 52.7 Å². The van der Waals surface area contributed by atoms with Crippen LogP contribution >= 0.6 is 0 Å². The fourth-order valence-electron chi connectivity index (χ4n) is 2.23. The molecule has 0 aliphatic heterocycles. The molecule has 0 unspecified atom stereocenters. The maximum atomic E-state index is 12.8. The summed E-state index contributed by atoms with van der Waals surface area (Å²) in [5.74, 6) is 0. The van der Waals surface area contributed by atoms with Crippen molar-refractivity contribution in [2.75, 3.05) is 5.32 Å². The molecule has 0 atom stereocenters. The number of rotatable bonds is 3. The van der Waals surface area contributed by atoms with E-state index in [0.29, 0.717) is 6.34 Å². The van der Waals surface area contributed by atoms with Crippen LogP contribution in [-0.2, 0) is 24.7 Å². The first-order chi connectivity index (χ1) is 13.9. The third kappa shape index (κ3) is 6.52. The van der Waals surface area contributed by atoms with E-state index in [-0.39, 0.29) is 36.4 Å². The molecule has 0 aliphatic carbocycles. The van der Waals surface area contributed by atoms with Crippen LogP contribution in [0.3, 0.4) is 0 Å². The lowest BCUT2D eigenvalue weighted by molar-refractivity contribution is -0.144. The van der Waals surface area contributed by atoms with Crippen LogP contribution in [0.2, 0.25) is 0 Å². The summed E-state index contributed by atoms with van der Waals surface area (Å²) in [6.07, 6.45) is -20.3. The summed E-state index contributed by atoms with van der Waals surface area (Å²) < 4.78 is 153. The molecule has 1 N–H and O–H groups in total. The highest BCUT2D eigenvalue weighted by Gasteiger charge is 2.38. The first-order valence-corrected chi connectivity index (χ1v) is 7.75. The zero-order chi connectivity index (χ0) is 23.8. The van der Waals surface area contributed by atoms with Crippen LogP contribution in [0.25, 0.3) is 0 Å². The van der Waals surface area contributed by atoms with Gasteiger partial charge in [-0.05, 0) is 36.4 Å². The summed E-state index contributed by atoms with van der Waals surface area (Å²) in [6.45, 7) is 0. The molecule has 170 valence electrons. The second-order valence-corrected chi connectivity index (χ2v) is 5.96. The van der Waals surface area contributed by atoms with Gasteiger partial charge in [0.15, 0.2) is 0 Å². The van der Waals surface area contributed by atoms with Crippen molar-refractivity contribution in [3.63, 3.8) is 0 Å². The van der Waals surface area contributed by atoms with E-state index in [1.807, 2.05) is 5.32 Å². The Labute approximate surface area is 165 Å². The number of aliphatic imine (C=N–C) groups is 1. The van der Waals surface area contributed by atoms with Crippen LogP contribution in [0.5, 0.6) is 0 Å². The van der Waals surface area contributed by atoms with Crippen molar-refractivity contribution in [3.05, 3.63) is 58.7 Å². The van der Waals surface area contributed by atoms with Gasteiger partial charge in [0, 0.05) is 5.69 Å². The maximum absolute atomic E-state index is 12.8. The lowest BCUT2D eigenvalue weighted by Crippen LogP contribution is -2.12.